The van der Waals surface area contributed by atoms with Gasteiger partial charge in [-0.1, -0.05) is 18.5 Å². The van der Waals surface area contributed by atoms with Crippen molar-refractivity contribution in [1.29, 1.82) is 0 Å². The highest BCUT2D eigenvalue weighted by Gasteiger charge is 2.11. The van der Waals surface area contributed by atoms with Gasteiger partial charge in [-0.15, -0.1) is 0 Å². The summed E-state index contributed by atoms with van der Waals surface area (Å²) in [7, 11) is 0. The molecule has 0 aliphatic heterocycles. The summed E-state index contributed by atoms with van der Waals surface area (Å²) in [5.74, 6) is -1.23. The van der Waals surface area contributed by atoms with Gasteiger partial charge < -0.3 is 9.84 Å². The third-order valence-electron chi connectivity index (χ3n) is 2.05. The molecule has 0 aromatic heterocycles. The van der Waals surface area contributed by atoms with Gasteiger partial charge in [-0.05, 0) is 30.7 Å². The Labute approximate surface area is 110 Å². The van der Waals surface area contributed by atoms with E-state index < -0.39 is 11.8 Å². The number of carboxylic acids is 1. The highest BCUT2D eigenvalue weighted by Crippen LogP contribution is 2.24. The van der Waals surface area contributed by atoms with Gasteiger partial charge in [0.1, 0.15) is 5.75 Å². The van der Waals surface area contributed by atoms with Gasteiger partial charge in [-0.2, -0.15) is 0 Å². The van der Waals surface area contributed by atoms with E-state index in [9.17, 15) is 9.59 Å². The van der Waals surface area contributed by atoms with E-state index in [0.29, 0.717) is 17.4 Å². The molecule has 0 atom stereocenters. The first kappa shape index (κ1) is 14.3. The number of allylic oxidation sites excluding steroid dienone is 1. The van der Waals surface area contributed by atoms with Crippen LogP contribution in [0, 0.1) is 0 Å². The molecule has 0 radical (unpaired) electrons. The molecule has 1 aromatic carbocycles. The van der Waals surface area contributed by atoms with Crippen LogP contribution in [0.3, 0.4) is 0 Å². The van der Waals surface area contributed by atoms with Gasteiger partial charge >= 0.3 is 5.97 Å². The molecule has 1 aromatic rings. The quantitative estimate of drug-likeness (QED) is 0.636. The highest BCUT2D eigenvalue weighted by atomic mass is 35.5. The van der Waals surface area contributed by atoms with Crippen molar-refractivity contribution in [1.82, 2.24) is 0 Å². The van der Waals surface area contributed by atoms with E-state index >= 15 is 0 Å². The van der Waals surface area contributed by atoms with E-state index in [2.05, 4.69) is 0 Å². The monoisotopic (exact) mass is 268 g/mol. The molecule has 1 N–H and O–H groups in total. The van der Waals surface area contributed by atoms with Crippen LogP contribution >= 0.6 is 11.6 Å². The van der Waals surface area contributed by atoms with E-state index in [1.807, 2.05) is 6.92 Å². The molecule has 18 heavy (non-hydrogen) atoms. The number of rotatable bonds is 6. The normalized spacial score (nSPS) is 10.6. The van der Waals surface area contributed by atoms with Crippen LogP contribution in [0.5, 0.6) is 5.75 Å². The van der Waals surface area contributed by atoms with Crippen LogP contribution in [-0.2, 0) is 4.79 Å². The molecule has 0 fully saturated rings. The van der Waals surface area contributed by atoms with Gasteiger partial charge in [0, 0.05) is 11.1 Å². The van der Waals surface area contributed by atoms with Gasteiger partial charge in [0.15, 0.2) is 5.78 Å². The van der Waals surface area contributed by atoms with Crippen molar-refractivity contribution in [3.63, 3.8) is 0 Å². The Morgan fingerprint density at radius 3 is 2.72 bits per heavy atom. The van der Waals surface area contributed by atoms with Crippen LogP contribution in [0.2, 0.25) is 5.02 Å². The summed E-state index contributed by atoms with van der Waals surface area (Å²) in [6.45, 7) is 2.42. The lowest BCUT2D eigenvalue weighted by molar-refractivity contribution is -0.131. The minimum Gasteiger partial charge on any atom is -0.493 e. The average Bonchev–Trinajstić information content (AvgIpc) is 2.34. The van der Waals surface area contributed by atoms with Crippen molar-refractivity contribution in [3.05, 3.63) is 40.9 Å². The van der Waals surface area contributed by atoms with Crippen LogP contribution in [0.25, 0.3) is 0 Å². The maximum Gasteiger partial charge on any atom is 0.328 e. The lowest BCUT2D eigenvalue weighted by Crippen LogP contribution is -2.03. The average molecular weight is 269 g/mol. The third kappa shape index (κ3) is 4.22. The fourth-order valence-electron chi connectivity index (χ4n) is 1.27. The van der Waals surface area contributed by atoms with Gasteiger partial charge in [0.05, 0.1) is 12.2 Å². The second kappa shape index (κ2) is 6.81. The smallest absolute Gasteiger partial charge is 0.328 e. The fourth-order valence-corrected chi connectivity index (χ4v) is 1.44. The van der Waals surface area contributed by atoms with Gasteiger partial charge in [-0.25, -0.2) is 4.79 Å². The third-order valence-corrected chi connectivity index (χ3v) is 2.28. The second-order valence-electron chi connectivity index (χ2n) is 3.52. The predicted octanol–water partition coefficient (Wildman–Crippen LogP) is 2.95. The highest BCUT2D eigenvalue weighted by molar-refractivity contribution is 6.31. The minimum absolute atomic E-state index is 0.258. The fraction of sp³-hybridized carbons (Fsp3) is 0.231. The summed E-state index contributed by atoms with van der Waals surface area (Å²) in [4.78, 5) is 22.2. The Morgan fingerprint density at radius 1 is 1.39 bits per heavy atom. The SMILES string of the molecule is CCCOc1ccc(Cl)cc1C(=O)/C=C/C(=O)O. The Hall–Kier alpha value is -1.81. The number of hydrogen-bond acceptors (Lipinski definition) is 3. The van der Waals surface area contributed by atoms with Crippen LogP contribution in [0.15, 0.2) is 30.4 Å². The first-order valence-corrected chi connectivity index (χ1v) is 5.80. The van der Waals surface area contributed by atoms with Crippen molar-refractivity contribution < 1.29 is 19.4 Å². The lowest BCUT2D eigenvalue weighted by Gasteiger charge is -2.09. The number of halogens is 1. The summed E-state index contributed by atoms with van der Waals surface area (Å²) in [6.07, 6.45) is 2.57. The minimum atomic E-state index is -1.18. The first-order chi connectivity index (χ1) is 8.54. The second-order valence-corrected chi connectivity index (χ2v) is 3.96. The number of carboxylic acid groups (broad SMARTS) is 1. The Kier molecular flexibility index (Phi) is 5.39. The van der Waals surface area contributed by atoms with Crippen molar-refractivity contribution in [2.75, 3.05) is 6.61 Å². The Balaban J connectivity index is 3.00. The molecule has 0 unspecified atom stereocenters. The zero-order valence-corrected chi connectivity index (χ0v) is 10.6. The molecule has 0 aliphatic rings. The van der Waals surface area contributed by atoms with Gasteiger partial charge in [0.2, 0.25) is 0 Å². The van der Waals surface area contributed by atoms with Crippen molar-refractivity contribution >= 4 is 23.4 Å². The van der Waals surface area contributed by atoms with Gasteiger partial charge in [0.25, 0.3) is 0 Å². The van der Waals surface area contributed by atoms with E-state index in [0.717, 1.165) is 18.6 Å². The van der Waals surface area contributed by atoms with E-state index in [1.165, 1.54) is 6.07 Å². The Bertz CT molecular complexity index is 480. The van der Waals surface area contributed by atoms with E-state index in [-0.39, 0.29) is 5.56 Å². The molecule has 0 aliphatic carbocycles. The lowest BCUT2D eigenvalue weighted by atomic mass is 10.1. The first-order valence-electron chi connectivity index (χ1n) is 5.42. The van der Waals surface area contributed by atoms with Crippen LogP contribution in [-0.4, -0.2) is 23.5 Å². The molecule has 0 spiro atoms. The summed E-state index contributed by atoms with van der Waals surface area (Å²) >= 11 is 5.81. The molecular weight excluding hydrogens is 256 g/mol. The summed E-state index contributed by atoms with van der Waals surface area (Å²) in [5.41, 5.74) is 0.258. The van der Waals surface area contributed by atoms with Crippen LogP contribution in [0.1, 0.15) is 23.7 Å². The maximum absolute atomic E-state index is 11.8. The van der Waals surface area contributed by atoms with Gasteiger partial charge in [-0.3, -0.25) is 4.79 Å². The molecule has 0 heterocycles. The molecular formula is C13H13ClO4. The van der Waals surface area contributed by atoms with Crippen LogP contribution in [0.4, 0.5) is 0 Å². The number of carbonyl (C=O) groups excluding carboxylic acids is 1. The zero-order chi connectivity index (χ0) is 13.5. The molecule has 96 valence electrons. The maximum atomic E-state index is 11.8. The number of carbonyl (C=O) groups is 2. The number of benzene rings is 1. The molecule has 0 saturated carbocycles. The molecule has 4 nitrogen and oxygen atoms in total. The zero-order valence-electron chi connectivity index (χ0n) is 9.85. The van der Waals surface area contributed by atoms with Crippen LogP contribution < -0.4 is 4.74 Å². The topological polar surface area (TPSA) is 63.6 Å². The largest absolute Gasteiger partial charge is 0.493 e. The predicted molar refractivity (Wildman–Crippen MR) is 68.3 cm³/mol. The standard InChI is InChI=1S/C13H13ClO4/c1-2-7-18-12-5-3-9(14)8-10(12)11(15)4-6-13(16)17/h3-6,8H,2,7H2,1H3,(H,16,17)/b6-4+. The summed E-state index contributed by atoms with van der Waals surface area (Å²) in [6, 6.07) is 4.67. The summed E-state index contributed by atoms with van der Waals surface area (Å²) < 4.78 is 5.41. The van der Waals surface area contributed by atoms with E-state index in [1.54, 1.807) is 12.1 Å². The van der Waals surface area contributed by atoms with Crippen molar-refractivity contribution in [2.24, 2.45) is 0 Å². The summed E-state index contributed by atoms with van der Waals surface area (Å²) in [5, 5.41) is 8.87. The van der Waals surface area contributed by atoms with Crippen molar-refractivity contribution in [2.45, 2.75) is 13.3 Å². The Morgan fingerprint density at radius 2 is 2.11 bits per heavy atom. The van der Waals surface area contributed by atoms with E-state index in [4.69, 9.17) is 21.4 Å². The molecule has 0 amide bonds. The number of hydrogen-bond donors (Lipinski definition) is 1. The molecule has 0 saturated heterocycles. The molecule has 1 rings (SSSR count). The number of aliphatic carboxylic acids is 1. The molecule has 0 bridgehead atoms. The molecule has 5 heteroatoms. The number of ketones is 1. The number of ether oxygens (including phenoxy) is 1. The van der Waals surface area contributed by atoms with Crippen molar-refractivity contribution in [3.8, 4) is 5.75 Å².